The van der Waals surface area contributed by atoms with Crippen molar-refractivity contribution < 1.29 is 13.2 Å². The molecule has 9 heteroatoms. The molecule has 0 aromatic heterocycles. The van der Waals surface area contributed by atoms with E-state index in [1.165, 1.54) is 4.90 Å². The number of urea groups is 1. The molecule has 8 nitrogen and oxygen atoms in total. The first kappa shape index (κ1) is 17.4. The fraction of sp³-hybridized carbons (Fsp3) is 0.188. The lowest BCUT2D eigenvalue weighted by Gasteiger charge is -2.28. The number of benzene rings is 2. The minimum Gasteiger partial charge on any atom is -0.316 e. The van der Waals surface area contributed by atoms with Gasteiger partial charge in [0, 0.05) is 6.54 Å². The molecule has 1 aliphatic rings. The van der Waals surface area contributed by atoms with Crippen LogP contribution in [0.25, 0.3) is 0 Å². The molecule has 2 amide bonds. The molecule has 1 fully saturated rings. The lowest BCUT2D eigenvalue weighted by molar-refractivity contribution is 0.243. The Kier molecular flexibility index (Phi) is 4.73. The van der Waals surface area contributed by atoms with Crippen molar-refractivity contribution in [1.29, 1.82) is 0 Å². The number of nitrogens with two attached hydrogens (primary N) is 1. The zero-order valence-electron chi connectivity index (χ0n) is 13.6. The predicted octanol–water partition coefficient (Wildman–Crippen LogP) is 1.05. The van der Waals surface area contributed by atoms with Crippen molar-refractivity contribution in [2.24, 2.45) is 5.14 Å². The van der Waals surface area contributed by atoms with Gasteiger partial charge in [0.1, 0.15) is 0 Å². The zero-order valence-corrected chi connectivity index (χ0v) is 14.4. The Morgan fingerprint density at radius 1 is 1.12 bits per heavy atom. The van der Waals surface area contributed by atoms with Crippen molar-refractivity contribution in [2.75, 3.05) is 11.9 Å². The van der Waals surface area contributed by atoms with Crippen molar-refractivity contribution in [3.8, 4) is 0 Å². The fourth-order valence-electron chi connectivity index (χ4n) is 2.86. The summed E-state index contributed by atoms with van der Waals surface area (Å²) in [4.78, 5) is 14.0. The summed E-state index contributed by atoms with van der Waals surface area (Å²) in [5.41, 5.74) is 4.43. The van der Waals surface area contributed by atoms with Crippen LogP contribution in [0.2, 0.25) is 0 Å². The standard InChI is InChI=1S/C16H19N5O3S/c1-18-11-13-9-5-6-10-14(13)20-15(12-7-3-2-4-8-12)21(19-16(20)22)25(17,23)24/h2-10,15,18H,11H2,1H3,(H,19,22)(H2,17,23,24). The predicted molar refractivity (Wildman–Crippen MR) is 94.3 cm³/mol. The monoisotopic (exact) mass is 361 g/mol. The third-order valence-electron chi connectivity index (χ3n) is 3.88. The number of carbonyl (C=O) groups is 1. The van der Waals surface area contributed by atoms with Crippen molar-refractivity contribution in [1.82, 2.24) is 15.2 Å². The summed E-state index contributed by atoms with van der Waals surface area (Å²) in [6.45, 7) is 0.525. The molecule has 1 aliphatic heterocycles. The molecule has 0 saturated carbocycles. The van der Waals surface area contributed by atoms with E-state index in [0.29, 0.717) is 17.8 Å². The van der Waals surface area contributed by atoms with Gasteiger partial charge in [0.2, 0.25) is 0 Å². The van der Waals surface area contributed by atoms with Gasteiger partial charge in [-0.15, -0.1) is 0 Å². The van der Waals surface area contributed by atoms with Gasteiger partial charge in [-0.2, -0.15) is 8.42 Å². The highest BCUT2D eigenvalue weighted by Crippen LogP contribution is 2.36. The molecule has 132 valence electrons. The third kappa shape index (κ3) is 3.35. The number of amides is 2. The molecule has 0 bridgehead atoms. The van der Waals surface area contributed by atoms with E-state index in [9.17, 15) is 13.2 Å². The minimum atomic E-state index is -4.15. The lowest BCUT2D eigenvalue weighted by Crippen LogP contribution is -2.44. The second-order valence-corrected chi connectivity index (χ2v) is 6.99. The number of rotatable bonds is 5. The van der Waals surface area contributed by atoms with Crippen LogP contribution < -0.4 is 20.8 Å². The Labute approximate surface area is 146 Å². The molecule has 2 aromatic carbocycles. The van der Waals surface area contributed by atoms with Gasteiger partial charge in [0.15, 0.2) is 6.17 Å². The van der Waals surface area contributed by atoms with E-state index < -0.39 is 22.4 Å². The summed E-state index contributed by atoms with van der Waals surface area (Å²) in [5.74, 6) is 0. The van der Waals surface area contributed by atoms with Crippen LogP contribution in [-0.4, -0.2) is 25.9 Å². The van der Waals surface area contributed by atoms with Crippen LogP contribution in [0.1, 0.15) is 17.3 Å². The smallest absolute Gasteiger partial charge is 0.316 e. The van der Waals surface area contributed by atoms with Gasteiger partial charge < -0.3 is 5.32 Å². The molecule has 1 saturated heterocycles. The molecular weight excluding hydrogens is 342 g/mol. The van der Waals surface area contributed by atoms with E-state index in [0.717, 1.165) is 9.98 Å². The van der Waals surface area contributed by atoms with Gasteiger partial charge in [0.05, 0.1) is 5.69 Å². The maximum absolute atomic E-state index is 12.6. The van der Waals surface area contributed by atoms with Crippen LogP contribution in [0, 0.1) is 0 Å². The highest BCUT2D eigenvalue weighted by Gasteiger charge is 2.45. The van der Waals surface area contributed by atoms with E-state index in [1.54, 1.807) is 43.4 Å². The molecule has 3 rings (SSSR count). The van der Waals surface area contributed by atoms with E-state index in [4.69, 9.17) is 5.14 Å². The molecule has 0 aliphatic carbocycles. The summed E-state index contributed by atoms with van der Waals surface area (Å²) < 4.78 is 24.8. The fourth-order valence-corrected chi connectivity index (χ4v) is 3.56. The van der Waals surface area contributed by atoms with Gasteiger partial charge >= 0.3 is 6.03 Å². The van der Waals surface area contributed by atoms with E-state index in [2.05, 4.69) is 10.7 Å². The first-order chi connectivity index (χ1) is 11.9. The Morgan fingerprint density at radius 3 is 2.40 bits per heavy atom. The van der Waals surface area contributed by atoms with Crippen LogP contribution in [0.15, 0.2) is 54.6 Å². The van der Waals surface area contributed by atoms with Crippen molar-refractivity contribution >= 4 is 21.9 Å². The number of hydrogen-bond donors (Lipinski definition) is 3. The molecule has 4 N–H and O–H groups in total. The number of hydrogen-bond acceptors (Lipinski definition) is 4. The highest BCUT2D eigenvalue weighted by atomic mass is 32.2. The number of nitrogens with one attached hydrogen (secondary N) is 2. The molecule has 1 unspecified atom stereocenters. The van der Waals surface area contributed by atoms with Crippen LogP contribution in [0.4, 0.5) is 10.5 Å². The lowest BCUT2D eigenvalue weighted by atomic mass is 10.1. The highest BCUT2D eigenvalue weighted by molar-refractivity contribution is 7.86. The maximum atomic E-state index is 12.6. The Hall–Kier alpha value is -2.46. The average Bonchev–Trinajstić information content (AvgIpc) is 2.94. The van der Waals surface area contributed by atoms with Gasteiger partial charge in [-0.3, -0.25) is 10.3 Å². The zero-order chi connectivity index (χ0) is 18.0. The van der Waals surface area contributed by atoms with Gasteiger partial charge in [-0.25, -0.2) is 9.93 Å². The normalized spacial score (nSPS) is 18.4. The molecule has 1 atom stereocenters. The summed E-state index contributed by atoms with van der Waals surface area (Å²) in [5, 5.41) is 8.36. The number of anilines is 1. The van der Waals surface area contributed by atoms with Crippen LogP contribution >= 0.6 is 0 Å². The van der Waals surface area contributed by atoms with Crippen LogP contribution in [0.3, 0.4) is 0 Å². The average molecular weight is 361 g/mol. The van der Waals surface area contributed by atoms with Gasteiger partial charge in [-0.05, 0) is 24.2 Å². The van der Waals surface area contributed by atoms with Gasteiger partial charge in [0.25, 0.3) is 10.2 Å². The van der Waals surface area contributed by atoms with Gasteiger partial charge in [-0.1, -0.05) is 52.9 Å². The molecular formula is C16H19N5O3S. The molecule has 2 aromatic rings. The van der Waals surface area contributed by atoms with Crippen molar-refractivity contribution in [3.63, 3.8) is 0 Å². The van der Waals surface area contributed by atoms with E-state index >= 15 is 0 Å². The largest absolute Gasteiger partial charge is 0.339 e. The molecule has 0 spiro atoms. The number of nitrogens with zero attached hydrogens (tertiary/aromatic N) is 2. The first-order valence-electron chi connectivity index (χ1n) is 7.63. The SMILES string of the molecule is CNCc1ccccc1N1C(=O)NN(S(N)(=O)=O)C1c1ccccc1. The first-order valence-corrected chi connectivity index (χ1v) is 9.13. The number of para-hydroxylation sites is 1. The summed E-state index contributed by atoms with van der Waals surface area (Å²) in [6, 6.07) is 15.6. The number of carbonyl (C=O) groups excluding carboxylic acids is 1. The Morgan fingerprint density at radius 2 is 1.76 bits per heavy atom. The maximum Gasteiger partial charge on any atom is 0.339 e. The van der Waals surface area contributed by atoms with Crippen LogP contribution in [0.5, 0.6) is 0 Å². The Bertz CT molecular complexity index is 872. The van der Waals surface area contributed by atoms with E-state index in [1.807, 2.05) is 18.2 Å². The summed E-state index contributed by atoms with van der Waals surface area (Å²) in [6.07, 6.45) is -0.915. The second kappa shape index (κ2) is 6.81. The number of hydrazine groups is 1. The van der Waals surface area contributed by atoms with Crippen LogP contribution in [-0.2, 0) is 16.8 Å². The molecule has 0 radical (unpaired) electrons. The van der Waals surface area contributed by atoms with Crippen molar-refractivity contribution in [3.05, 3.63) is 65.7 Å². The molecule has 25 heavy (non-hydrogen) atoms. The second-order valence-electron chi connectivity index (χ2n) is 5.57. The topological polar surface area (TPSA) is 108 Å². The van der Waals surface area contributed by atoms with E-state index in [-0.39, 0.29) is 0 Å². The minimum absolute atomic E-state index is 0.525. The third-order valence-corrected chi connectivity index (χ3v) is 4.72. The Balaban J connectivity index is 2.15. The van der Waals surface area contributed by atoms with Crippen molar-refractivity contribution in [2.45, 2.75) is 12.7 Å². The summed E-state index contributed by atoms with van der Waals surface area (Å²) >= 11 is 0. The quantitative estimate of drug-likeness (QED) is 0.740. The molecule has 1 heterocycles. The summed E-state index contributed by atoms with van der Waals surface area (Å²) in [7, 11) is -2.36.